The first-order chi connectivity index (χ1) is 13.7. The molecule has 0 bridgehead atoms. The van der Waals surface area contributed by atoms with E-state index >= 15 is 0 Å². The number of hydrogen-bond donors (Lipinski definition) is 0. The van der Waals surface area contributed by atoms with Gasteiger partial charge in [-0.2, -0.15) is 0 Å². The second-order valence-corrected chi connectivity index (χ2v) is 8.29. The highest BCUT2D eigenvalue weighted by Gasteiger charge is 2.11. The van der Waals surface area contributed by atoms with Crippen molar-refractivity contribution in [2.24, 2.45) is 0 Å². The molecule has 0 amide bonds. The summed E-state index contributed by atoms with van der Waals surface area (Å²) in [5.41, 5.74) is 4.81. The van der Waals surface area contributed by atoms with Crippen molar-refractivity contribution in [2.45, 2.75) is 0 Å². The van der Waals surface area contributed by atoms with Crippen LogP contribution in [0, 0.1) is 0 Å². The molecule has 0 radical (unpaired) electrons. The lowest BCUT2D eigenvalue weighted by molar-refractivity contribution is 0.415. The predicted octanol–water partition coefficient (Wildman–Crippen LogP) is 8.02. The smallest absolute Gasteiger partial charge is 0.118 e. The summed E-state index contributed by atoms with van der Waals surface area (Å²) in [6.07, 6.45) is 4.28. The Morgan fingerprint density at radius 3 is 2.00 bits per heavy atom. The summed E-state index contributed by atoms with van der Waals surface area (Å²) < 4.78 is 6.37. The first-order valence-corrected chi connectivity index (χ1v) is 10.6. The van der Waals surface area contributed by atoms with Gasteiger partial charge in [-0.25, -0.2) is 0 Å². The molecule has 0 aliphatic carbocycles. The third-order valence-electron chi connectivity index (χ3n) is 4.50. The van der Waals surface area contributed by atoms with Gasteiger partial charge < -0.3 is 4.74 Å². The summed E-state index contributed by atoms with van der Waals surface area (Å²) in [5.74, 6) is 0.871. The molecule has 0 aliphatic heterocycles. The number of hydrogen-bond acceptors (Lipinski definition) is 2. The molecule has 3 heteroatoms. The molecule has 0 atom stereocenters. The molecule has 0 N–H and O–H groups in total. The van der Waals surface area contributed by atoms with E-state index in [2.05, 4.69) is 94.8 Å². The third-order valence-corrected chi connectivity index (χ3v) is 6.62. The highest BCUT2D eigenvalue weighted by Crippen LogP contribution is 2.41. The van der Waals surface area contributed by atoms with Crippen LogP contribution in [0.3, 0.4) is 0 Å². The Bertz CT molecular complexity index is 1080. The van der Waals surface area contributed by atoms with Crippen LogP contribution in [0.5, 0.6) is 5.75 Å². The maximum absolute atomic E-state index is 5.26. The van der Waals surface area contributed by atoms with Gasteiger partial charge in [0.15, 0.2) is 0 Å². The molecular weight excluding hydrogens is 428 g/mol. The molecule has 1 heterocycles. The fraction of sp³-hybridized carbons (Fsp3) is 0.0400. The molecule has 0 saturated heterocycles. The highest BCUT2D eigenvalue weighted by molar-refractivity contribution is 9.10. The summed E-state index contributed by atoms with van der Waals surface area (Å²) >= 11 is 5.51. The van der Waals surface area contributed by atoms with E-state index in [9.17, 15) is 0 Å². The minimum Gasteiger partial charge on any atom is -0.497 e. The molecule has 4 aromatic rings. The molecule has 0 unspecified atom stereocenters. The average Bonchev–Trinajstić information content (AvgIpc) is 3.15. The van der Waals surface area contributed by atoms with Gasteiger partial charge in [0.1, 0.15) is 5.75 Å². The zero-order valence-corrected chi connectivity index (χ0v) is 17.8. The Hall–Kier alpha value is -2.62. The third kappa shape index (κ3) is 4.27. The average molecular weight is 447 g/mol. The van der Waals surface area contributed by atoms with Crippen molar-refractivity contribution in [1.29, 1.82) is 0 Å². The second-order valence-electron chi connectivity index (χ2n) is 6.38. The van der Waals surface area contributed by atoms with Gasteiger partial charge in [0.25, 0.3) is 0 Å². The molecule has 28 heavy (non-hydrogen) atoms. The van der Waals surface area contributed by atoms with Crippen molar-refractivity contribution in [1.82, 2.24) is 0 Å². The lowest BCUT2D eigenvalue weighted by Crippen LogP contribution is -1.81. The molecule has 1 nitrogen and oxygen atoms in total. The van der Waals surface area contributed by atoms with Crippen LogP contribution >= 0.6 is 27.3 Å². The maximum atomic E-state index is 5.26. The van der Waals surface area contributed by atoms with Gasteiger partial charge in [-0.05, 0) is 68.5 Å². The lowest BCUT2D eigenvalue weighted by Gasteiger charge is -2.02. The van der Waals surface area contributed by atoms with E-state index in [1.54, 1.807) is 18.4 Å². The van der Waals surface area contributed by atoms with Crippen LogP contribution in [0.15, 0.2) is 89.4 Å². The van der Waals surface area contributed by atoms with E-state index in [4.69, 9.17) is 4.74 Å². The Morgan fingerprint density at radius 1 is 0.750 bits per heavy atom. The summed E-state index contributed by atoms with van der Waals surface area (Å²) in [5, 5.41) is 0. The van der Waals surface area contributed by atoms with Crippen molar-refractivity contribution < 1.29 is 4.74 Å². The molecule has 0 fully saturated rings. The molecule has 138 valence electrons. The van der Waals surface area contributed by atoms with Crippen LogP contribution in [0.1, 0.15) is 11.1 Å². The minimum atomic E-state index is 0.871. The van der Waals surface area contributed by atoms with E-state index < -0.39 is 0 Å². The number of rotatable bonds is 5. The standard InChI is InChI=1S/C25H19BrOS/c1-27-22-15-13-21(14-16-22)25-23(26)17-24(28-25)20-11-9-19(10-12-20)8-7-18-5-3-2-4-6-18/h2-17H,1H3/b8-7+. The van der Waals surface area contributed by atoms with Gasteiger partial charge in [-0.3, -0.25) is 0 Å². The molecular formula is C25H19BrOS. The summed E-state index contributed by atoms with van der Waals surface area (Å²) in [4.78, 5) is 2.47. The molecule has 1 aromatic heterocycles. The number of methoxy groups -OCH3 is 1. The van der Waals surface area contributed by atoms with Crippen LogP contribution in [0.25, 0.3) is 33.0 Å². The van der Waals surface area contributed by atoms with Crippen molar-refractivity contribution in [3.63, 3.8) is 0 Å². The first-order valence-electron chi connectivity index (χ1n) is 9.00. The summed E-state index contributed by atoms with van der Waals surface area (Å²) in [6, 6.07) is 29.4. The lowest BCUT2D eigenvalue weighted by atomic mass is 10.1. The van der Waals surface area contributed by atoms with Gasteiger partial charge in [-0.1, -0.05) is 66.7 Å². The van der Waals surface area contributed by atoms with E-state index in [1.807, 2.05) is 18.2 Å². The Morgan fingerprint density at radius 2 is 1.36 bits per heavy atom. The minimum absolute atomic E-state index is 0.871. The number of ether oxygens (including phenoxy) is 1. The Kier molecular flexibility index (Phi) is 5.75. The van der Waals surface area contributed by atoms with Crippen molar-refractivity contribution >= 4 is 39.4 Å². The number of halogens is 1. The van der Waals surface area contributed by atoms with E-state index in [0.717, 1.165) is 10.2 Å². The molecule has 0 spiro atoms. The summed E-state index contributed by atoms with van der Waals surface area (Å²) in [7, 11) is 1.69. The Balaban J connectivity index is 1.55. The zero-order valence-electron chi connectivity index (χ0n) is 15.4. The largest absolute Gasteiger partial charge is 0.497 e. The van der Waals surface area contributed by atoms with Crippen LogP contribution in [0.2, 0.25) is 0 Å². The van der Waals surface area contributed by atoms with Crippen LogP contribution < -0.4 is 4.74 Å². The monoisotopic (exact) mass is 446 g/mol. The van der Waals surface area contributed by atoms with Crippen molar-refractivity contribution in [2.75, 3.05) is 7.11 Å². The quantitative estimate of drug-likeness (QED) is 0.282. The Labute approximate surface area is 178 Å². The second kappa shape index (κ2) is 8.59. The van der Waals surface area contributed by atoms with Crippen molar-refractivity contribution in [3.05, 3.63) is 101 Å². The number of thiophene rings is 1. The van der Waals surface area contributed by atoms with E-state index in [0.29, 0.717) is 0 Å². The van der Waals surface area contributed by atoms with Gasteiger partial charge in [0, 0.05) is 14.2 Å². The molecule has 0 aliphatic rings. The zero-order chi connectivity index (χ0) is 19.3. The molecule has 3 aromatic carbocycles. The van der Waals surface area contributed by atoms with Crippen molar-refractivity contribution in [3.8, 4) is 26.6 Å². The SMILES string of the molecule is COc1ccc(-c2sc(-c3ccc(/C=C/c4ccccc4)cc3)cc2Br)cc1. The maximum Gasteiger partial charge on any atom is 0.118 e. The fourth-order valence-electron chi connectivity index (χ4n) is 2.97. The van der Waals surface area contributed by atoms with Gasteiger partial charge in [0.05, 0.1) is 7.11 Å². The van der Waals surface area contributed by atoms with E-state index in [-0.39, 0.29) is 0 Å². The molecule has 0 saturated carbocycles. The first kappa shape index (κ1) is 18.7. The van der Waals surface area contributed by atoms with Crippen LogP contribution in [0.4, 0.5) is 0 Å². The van der Waals surface area contributed by atoms with Crippen LogP contribution in [-0.2, 0) is 0 Å². The highest BCUT2D eigenvalue weighted by atomic mass is 79.9. The fourth-order valence-corrected chi connectivity index (χ4v) is 4.88. The number of benzene rings is 3. The van der Waals surface area contributed by atoms with Gasteiger partial charge in [-0.15, -0.1) is 11.3 Å². The normalized spacial score (nSPS) is 11.1. The van der Waals surface area contributed by atoms with Crippen LogP contribution in [-0.4, -0.2) is 7.11 Å². The summed E-state index contributed by atoms with van der Waals surface area (Å²) in [6.45, 7) is 0. The predicted molar refractivity (Wildman–Crippen MR) is 125 cm³/mol. The van der Waals surface area contributed by atoms with E-state index in [1.165, 1.54) is 32.0 Å². The van der Waals surface area contributed by atoms with Gasteiger partial charge in [0.2, 0.25) is 0 Å². The topological polar surface area (TPSA) is 9.23 Å². The molecule has 4 rings (SSSR count). The van der Waals surface area contributed by atoms with Gasteiger partial charge >= 0.3 is 0 Å².